The van der Waals surface area contributed by atoms with E-state index in [-0.39, 0.29) is 28.4 Å². The molecule has 7 nitrogen and oxygen atoms in total. The highest BCUT2D eigenvalue weighted by atomic mass is 79.9. The van der Waals surface area contributed by atoms with E-state index in [1.807, 2.05) is 0 Å². The normalized spacial score (nSPS) is 13.3. The molecule has 1 amide bonds. The molecule has 1 aliphatic rings. The molecule has 1 aromatic heterocycles. The van der Waals surface area contributed by atoms with Crippen LogP contribution in [0.3, 0.4) is 0 Å². The molecule has 0 saturated carbocycles. The van der Waals surface area contributed by atoms with Crippen LogP contribution in [-0.4, -0.2) is 28.7 Å². The Balaban J connectivity index is 2.05. The molecule has 20 heavy (non-hydrogen) atoms. The number of halogens is 1. The molecule has 0 bridgehead atoms. The minimum Gasteiger partial charge on any atom is -0.482 e. The van der Waals surface area contributed by atoms with Gasteiger partial charge in [0.2, 0.25) is 5.69 Å². The monoisotopic (exact) mass is 338 g/mol. The first-order valence-electron chi connectivity index (χ1n) is 5.52. The fourth-order valence-electron chi connectivity index (χ4n) is 1.82. The van der Waals surface area contributed by atoms with Crippen LogP contribution in [0.4, 0.5) is 5.69 Å². The average molecular weight is 339 g/mol. The first kappa shape index (κ1) is 12.7. The number of amides is 1. The number of hydrogen-bond acceptors (Lipinski definition) is 5. The third-order valence-corrected chi connectivity index (χ3v) is 3.45. The number of carbonyl (C=O) groups excluding carboxylic acids is 1. The number of aromatic carboxylic acids is 1. The van der Waals surface area contributed by atoms with E-state index >= 15 is 0 Å². The predicted molar refractivity (Wildman–Crippen MR) is 70.7 cm³/mol. The fourth-order valence-corrected chi connectivity index (χ4v) is 2.36. The second kappa shape index (κ2) is 4.64. The van der Waals surface area contributed by atoms with Crippen molar-refractivity contribution in [1.29, 1.82) is 0 Å². The van der Waals surface area contributed by atoms with Crippen molar-refractivity contribution in [3.63, 3.8) is 0 Å². The summed E-state index contributed by atoms with van der Waals surface area (Å²) < 4.78 is 10.5. The molecule has 0 fully saturated rings. The molecule has 0 saturated heterocycles. The van der Waals surface area contributed by atoms with E-state index in [1.54, 1.807) is 18.2 Å². The zero-order valence-electron chi connectivity index (χ0n) is 9.84. The highest BCUT2D eigenvalue weighted by Gasteiger charge is 2.22. The molecule has 3 rings (SSSR count). The zero-order valence-corrected chi connectivity index (χ0v) is 11.4. The molecule has 8 heteroatoms. The van der Waals surface area contributed by atoms with E-state index in [2.05, 4.69) is 26.4 Å². The molecule has 2 N–H and O–H groups in total. The number of rotatable bonds is 2. The van der Waals surface area contributed by atoms with Crippen molar-refractivity contribution >= 4 is 33.5 Å². The van der Waals surface area contributed by atoms with E-state index < -0.39 is 5.97 Å². The van der Waals surface area contributed by atoms with Gasteiger partial charge in [-0.2, -0.15) is 0 Å². The number of benzene rings is 1. The van der Waals surface area contributed by atoms with Gasteiger partial charge in [-0.25, -0.2) is 4.79 Å². The number of nitrogens with zero attached hydrogens (tertiary/aromatic N) is 1. The van der Waals surface area contributed by atoms with Crippen LogP contribution in [-0.2, 0) is 4.79 Å². The Bertz CT molecular complexity index is 725. The van der Waals surface area contributed by atoms with Gasteiger partial charge in [0.05, 0.1) is 5.69 Å². The molecule has 102 valence electrons. The standard InChI is InChI=1S/C12H7BrN2O5/c13-9-10(12(17)18)15-20-11(9)5-1-2-7-6(3-5)14-8(16)4-19-7/h1-3H,4H2,(H,14,16)(H,17,18). The molecular formula is C12H7BrN2O5. The molecule has 0 aliphatic carbocycles. The Morgan fingerprint density at radius 3 is 2.95 bits per heavy atom. The molecular weight excluding hydrogens is 332 g/mol. The number of carboxylic acid groups (broad SMARTS) is 1. The van der Waals surface area contributed by atoms with Crippen molar-refractivity contribution in [2.24, 2.45) is 0 Å². The van der Waals surface area contributed by atoms with Gasteiger partial charge >= 0.3 is 5.97 Å². The lowest BCUT2D eigenvalue weighted by Gasteiger charge is -2.18. The predicted octanol–water partition coefficient (Wildman–Crippen LogP) is 2.13. The van der Waals surface area contributed by atoms with Crippen molar-refractivity contribution < 1.29 is 24.0 Å². The number of nitrogens with one attached hydrogen (secondary N) is 1. The maximum absolute atomic E-state index is 11.3. The van der Waals surface area contributed by atoms with Crippen LogP contribution < -0.4 is 10.1 Å². The van der Waals surface area contributed by atoms with Crippen LogP contribution in [0.25, 0.3) is 11.3 Å². The minimum atomic E-state index is -1.19. The van der Waals surface area contributed by atoms with Crippen LogP contribution in [0.2, 0.25) is 0 Å². The SMILES string of the molecule is O=C1COc2ccc(-c3onc(C(=O)O)c3Br)cc2N1. The fraction of sp³-hybridized carbons (Fsp3) is 0.0833. The number of aromatic nitrogens is 1. The van der Waals surface area contributed by atoms with Gasteiger partial charge in [-0.1, -0.05) is 5.16 Å². The number of anilines is 1. The largest absolute Gasteiger partial charge is 0.482 e. The van der Waals surface area contributed by atoms with Gasteiger partial charge in [-0.05, 0) is 34.1 Å². The number of carboxylic acids is 1. The van der Waals surface area contributed by atoms with Gasteiger partial charge in [0.25, 0.3) is 5.91 Å². The van der Waals surface area contributed by atoms with Crippen molar-refractivity contribution in [1.82, 2.24) is 5.16 Å². The molecule has 2 heterocycles. The quantitative estimate of drug-likeness (QED) is 0.869. The van der Waals surface area contributed by atoms with E-state index in [4.69, 9.17) is 14.4 Å². The average Bonchev–Trinajstić information content (AvgIpc) is 2.80. The van der Waals surface area contributed by atoms with Crippen LogP contribution >= 0.6 is 15.9 Å². The highest BCUT2D eigenvalue weighted by Crippen LogP contribution is 2.36. The Morgan fingerprint density at radius 1 is 1.45 bits per heavy atom. The van der Waals surface area contributed by atoms with Gasteiger partial charge in [0.15, 0.2) is 12.4 Å². The summed E-state index contributed by atoms with van der Waals surface area (Å²) in [5.41, 5.74) is 0.860. The smallest absolute Gasteiger partial charge is 0.359 e. The van der Waals surface area contributed by atoms with Crippen LogP contribution in [0.1, 0.15) is 10.5 Å². The van der Waals surface area contributed by atoms with E-state index in [9.17, 15) is 9.59 Å². The van der Waals surface area contributed by atoms with Crippen LogP contribution in [0, 0.1) is 0 Å². The lowest BCUT2D eigenvalue weighted by molar-refractivity contribution is -0.118. The number of fused-ring (bicyclic) bond motifs is 1. The summed E-state index contributed by atoms with van der Waals surface area (Å²) >= 11 is 3.14. The Hall–Kier alpha value is -2.35. The second-order valence-electron chi connectivity index (χ2n) is 4.03. The van der Waals surface area contributed by atoms with Gasteiger partial charge in [-0.3, -0.25) is 4.79 Å². The van der Waals surface area contributed by atoms with Crippen LogP contribution in [0.15, 0.2) is 27.2 Å². The molecule has 0 unspecified atom stereocenters. The summed E-state index contributed by atoms with van der Waals surface area (Å²) in [5, 5.41) is 15.1. The van der Waals surface area contributed by atoms with Crippen molar-refractivity contribution in [3.8, 4) is 17.1 Å². The molecule has 0 radical (unpaired) electrons. The summed E-state index contributed by atoms with van der Waals surface area (Å²) in [6.07, 6.45) is 0. The third-order valence-electron chi connectivity index (χ3n) is 2.71. The molecule has 1 aromatic carbocycles. The molecule has 0 atom stereocenters. The number of carbonyl (C=O) groups is 2. The summed E-state index contributed by atoms with van der Waals surface area (Å²) in [6, 6.07) is 4.98. The van der Waals surface area contributed by atoms with Crippen LogP contribution in [0.5, 0.6) is 5.75 Å². The van der Waals surface area contributed by atoms with E-state index in [1.165, 1.54) is 0 Å². The van der Waals surface area contributed by atoms with Gasteiger partial charge in [0.1, 0.15) is 10.2 Å². The van der Waals surface area contributed by atoms with E-state index in [0.29, 0.717) is 17.0 Å². The van der Waals surface area contributed by atoms with Gasteiger partial charge in [-0.15, -0.1) is 0 Å². The lowest BCUT2D eigenvalue weighted by Crippen LogP contribution is -2.25. The maximum atomic E-state index is 11.3. The minimum absolute atomic E-state index is 0.0263. The summed E-state index contributed by atoms with van der Waals surface area (Å²) in [4.78, 5) is 22.2. The zero-order chi connectivity index (χ0) is 14.3. The Labute approximate surface area is 120 Å². The maximum Gasteiger partial charge on any atom is 0.359 e. The first-order valence-corrected chi connectivity index (χ1v) is 6.31. The van der Waals surface area contributed by atoms with Gasteiger partial charge in [0, 0.05) is 5.56 Å². The van der Waals surface area contributed by atoms with Crippen molar-refractivity contribution in [3.05, 3.63) is 28.4 Å². The Morgan fingerprint density at radius 2 is 2.25 bits per heavy atom. The topological polar surface area (TPSA) is 102 Å². The van der Waals surface area contributed by atoms with E-state index in [0.717, 1.165) is 0 Å². The first-order chi connectivity index (χ1) is 9.56. The Kier molecular flexibility index (Phi) is 2.94. The summed E-state index contributed by atoms with van der Waals surface area (Å²) in [5.74, 6) is -0.633. The summed E-state index contributed by atoms with van der Waals surface area (Å²) in [6.45, 7) is -0.0263. The summed E-state index contributed by atoms with van der Waals surface area (Å²) in [7, 11) is 0. The van der Waals surface area contributed by atoms with Crippen molar-refractivity contribution in [2.45, 2.75) is 0 Å². The van der Waals surface area contributed by atoms with Crippen molar-refractivity contribution in [2.75, 3.05) is 11.9 Å². The molecule has 0 spiro atoms. The number of hydrogen-bond donors (Lipinski definition) is 2. The van der Waals surface area contributed by atoms with Gasteiger partial charge < -0.3 is 19.7 Å². The lowest BCUT2D eigenvalue weighted by atomic mass is 10.1. The molecule has 1 aliphatic heterocycles. The third kappa shape index (κ3) is 2.03. The highest BCUT2D eigenvalue weighted by molar-refractivity contribution is 9.10. The second-order valence-corrected chi connectivity index (χ2v) is 4.82. The molecule has 2 aromatic rings. The number of ether oxygens (including phenoxy) is 1.